The molecule has 0 saturated carbocycles. The van der Waals surface area contributed by atoms with Gasteiger partial charge in [0.25, 0.3) is 0 Å². The van der Waals surface area contributed by atoms with Crippen LogP contribution >= 0.6 is 0 Å². The minimum absolute atomic E-state index is 0.0307. The Kier molecular flexibility index (Phi) is 5.46. The van der Waals surface area contributed by atoms with Gasteiger partial charge in [-0.05, 0) is 42.0 Å². The van der Waals surface area contributed by atoms with E-state index in [0.29, 0.717) is 6.61 Å². The highest BCUT2D eigenvalue weighted by Crippen LogP contribution is 2.17. The predicted molar refractivity (Wildman–Crippen MR) is 87.1 cm³/mol. The summed E-state index contributed by atoms with van der Waals surface area (Å²) in [6.45, 7) is 1.14. The summed E-state index contributed by atoms with van der Waals surface area (Å²) >= 11 is 0. The van der Waals surface area contributed by atoms with Crippen LogP contribution in [0.3, 0.4) is 0 Å². The third kappa shape index (κ3) is 4.68. The first-order chi connectivity index (χ1) is 10.2. The maximum absolute atomic E-state index is 8.71. The molecule has 0 fully saturated rings. The van der Waals surface area contributed by atoms with E-state index in [1.54, 1.807) is 0 Å². The Hall–Kier alpha value is -2.20. The Balaban J connectivity index is 1.87. The number of anilines is 2. The van der Waals surface area contributed by atoms with Crippen molar-refractivity contribution in [2.45, 2.75) is 6.54 Å². The molecule has 2 N–H and O–H groups in total. The van der Waals surface area contributed by atoms with Gasteiger partial charge in [-0.3, -0.25) is 0 Å². The molecular formula is C17H22N2O2. The fourth-order valence-electron chi connectivity index (χ4n) is 1.95. The Bertz CT molecular complexity index is 536. The lowest BCUT2D eigenvalue weighted by atomic mass is 10.2. The Morgan fingerprint density at radius 1 is 1.00 bits per heavy atom. The Morgan fingerprint density at radius 3 is 2.24 bits per heavy atom. The largest absolute Gasteiger partial charge is 0.491 e. The second kappa shape index (κ2) is 7.55. The van der Waals surface area contributed by atoms with Crippen LogP contribution in [-0.4, -0.2) is 32.4 Å². The molecule has 0 radical (unpaired) electrons. The number of nitrogens with one attached hydrogen (secondary N) is 1. The van der Waals surface area contributed by atoms with Crippen molar-refractivity contribution in [3.8, 4) is 5.75 Å². The highest BCUT2D eigenvalue weighted by atomic mass is 16.5. The van der Waals surface area contributed by atoms with Crippen molar-refractivity contribution in [1.29, 1.82) is 0 Å². The lowest BCUT2D eigenvalue weighted by Gasteiger charge is -2.13. The molecule has 2 aromatic rings. The van der Waals surface area contributed by atoms with Gasteiger partial charge in [0.1, 0.15) is 12.4 Å². The normalized spacial score (nSPS) is 10.2. The summed E-state index contributed by atoms with van der Waals surface area (Å²) in [6.07, 6.45) is 0. The van der Waals surface area contributed by atoms with Crippen LogP contribution in [0.15, 0.2) is 48.5 Å². The summed E-state index contributed by atoms with van der Waals surface area (Å²) in [4.78, 5) is 2.09. The van der Waals surface area contributed by atoms with E-state index in [0.717, 1.165) is 18.0 Å². The summed E-state index contributed by atoms with van der Waals surface area (Å²) in [6, 6.07) is 16.2. The van der Waals surface area contributed by atoms with E-state index in [9.17, 15) is 0 Å². The molecule has 0 saturated heterocycles. The Labute approximate surface area is 126 Å². The lowest BCUT2D eigenvalue weighted by Crippen LogP contribution is -2.08. The number of aliphatic hydroxyl groups excluding tert-OH is 1. The van der Waals surface area contributed by atoms with Crippen molar-refractivity contribution in [2.24, 2.45) is 0 Å². The lowest BCUT2D eigenvalue weighted by molar-refractivity contribution is 0.201. The smallest absolute Gasteiger partial charge is 0.119 e. The number of ether oxygens (including phenoxy) is 1. The highest BCUT2D eigenvalue weighted by molar-refractivity contribution is 5.49. The van der Waals surface area contributed by atoms with Crippen molar-refractivity contribution in [3.05, 3.63) is 54.1 Å². The zero-order valence-electron chi connectivity index (χ0n) is 12.5. The Morgan fingerprint density at radius 2 is 1.67 bits per heavy atom. The second-order valence-electron chi connectivity index (χ2n) is 5.01. The summed E-state index contributed by atoms with van der Waals surface area (Å²) in [5.74, 6) is 0.768. The van der Waals surface area contributed by atoms with Crippen LogP contribution in [0.4, 0.5) is 11.4 Å². The molecule has 0 amide bonds. The van der Waals surface area contributed by atoms with E-state index in [1.807, 2.05) is 38.4 Å². The molecule has 2 rings (SSSR count). The molecule has 0 spiro atoms. The third-order valence-corrected chi connectivity index (χ3v) is 3.16. The molecule has 2 aromatic carbocycles. The van der Waals surface area contributed by atoms with Gasteiger partial charge in [-0.15, -0.1) is 0 Å². The first kappa shape index (κ1) is 15.2. The number of benzene rings is 2. The highest BCUT2D eigenvalue weighted by Gasteiger charge is 1.98. The van der Waals surface area contributed by atoms with Crippen molar-refractivity contribution in [1.82, 2.24) is 0 Å². The van der Waals surface area contributed by atoms with E-state index >= 15 is 0 Å². The van der Waals surface area contributed by atoms with Crippen LogP contribution in [0.25, 0.3) is 0 Å². The molecule has 0 aliphatic heterocycles. The summed E-state index contributed by atoms with van der Waals surface area (Å²) < 4.78 is 5.33. The molecule has 0 bridgehead atoms. The minimum atomic E-state index is 0.0307. The topological polar surface area (TPSA) is 44.7 Å². The van der Waals surface area contributed by atoms with Crippen molar-refractivity contribution in [2.75, 3.05) is 37.5 Å². The molecule has 0 aliphatic rings. The summed E-state index contributed by atoms with van der Waals surface area (Å²) in [5, 5.41) is 12.1. The molecule has 4 heteroatoms. The molecule has 0 atom stereocenters. The quantitative estimate of drug-likeness (QED) is 0.821. The zero-order chi connectivity index (χ0) is 15.1. The fourth-order valence-corrected chi connectivity index (χ4v) is 1.95. The molecule has 21 heavy (non-hydrogen) atoms. The number of nitrogens with zero attached hydrogens (tertiary/aromatic N) is 1. The molecule has 4 nitrogen and oxygen atoms in total. The molecule has 0 aromatic heterocycles. The van der Waals surface area contributed by atoms with E-state index < -0.39 is 0 Å². The van der Waals surface area contributed by atoms with E-state index in [4.69, 9.17) is 9.84 Å². The fraction of sp³-hybridized carbons (Fsp3) is 0.294. The first-order valence-electron chi connectivity index (χ1n) is 7.03. The number of aliphatic hydroxyl groups is 1. The van der Waals surface area contributed by atoms with Gasteiger partial charge in [0, 0.05) is 32.0 Å². The standard InChI is InChI=1S/C17H22N2O2/c1-19(2)16-7-3-14(4-8-16)13-18-15-5-9-17(10-6-15)21-12-11-20/h3-10,18,20H,11-13H2,1-2H3. The molecule has 0 unspecified atom stereocenters. The van der Waals surface area contributed by atoms with E-state index in [1.165, 1.54) is 11.3 Å². The molecule has 0 aliphatic carbocycles. The van der Waals surface area contributed by atoms with Crippen LogP contribution in [-0.2, 0) is 6.54 Å². The van der Waals surface area contributed by atoms with E-state index in [-0.39, 0.29) is 6.61 Å². The van der Waals surface area contributed by atoms with Gasteiger partial charge in [-0.1, -0.05) is 12.1 Å². The number of hydrogen-bond acceptors (Lipinski definition) is 4. The molecule has 112 valence electrons. The number of hydrogen-bond donors (Lipinski definition) is 2. The van der Waals surface area contributed by atoms with Crippen molar-refractivity contribution < 1.29 is 9.84 Å². The van der Waals surface area contributed by atoms with Gasteiger partial charge in [0.05, 0.1) is 6.61 Å². The maximum Gasteiger partial charge on any atom is 0.119 e. The predicted octanol–water partition coefficient (Wildman–Crippen LogP) is 2.74. The van der Waals surface area contributed by atoms with Gasteiger partial charge in [-0.25, -0.2) is 0 Å². The van der Waals surface area contributed by atoms with Gasteiger partial charge >= 0.3 is 0 Å². The average molecular weight is 286 g/mol. The summed E-state index contributed by atoms with van der Waals surface area (Å²) in [7, 11) is 4.07. The van der Waals surface area contributed by atoms with Gasteiger partial charge in [0.2, 0.25) is 0 Å². The maximum atomic E-state index is 8.71. The van der Waals surface area contributed by atoms with Gasteiger partial charge < -0.3 is 20.1 Å². The van der Waals surface area contributed by atoms with Gasteiger partial charge in [-0.2, -0.15) is 0 Å². The van der Waals surface area contributed by atoms with Crippen LogP contribution in [0.5, 0.6) is 5.75 Å². The summed E-state index contributed by atoms with van der Waals surface area (Å²) in [5.41, 5.74) is 3.48. The number of rotatable bonds is 7. The van der Waals surface area contributed by atoms with Crippen LogP contribution in [0, 0.1) is 0 Å². The van der Waals surface area contributed by atoms with Crippen LogP contribution in [0.1, 0.15) is 5.56 Å². The second-order valence-corrected chi connectivity index (χ2v) is 5.01. The molecular weight excluding hydrogens is 264 g/mol. The average Bonchev–Trinajstić information content (AvgIpc) is 2.52. The van der Waals surface area contributed by atoms with Crippen molar-refractivity contribution in [3.63, 3.8) is 0 Å². The van der Waals surface area contributed by atoms with E-state index in [2.05, 4.69) is 34.5 Å². The van der Waals surface area contributed by atoms with Crippen molar-refractivity contribution >= 4 is 11.4 Å². The first-order valence-corrected chi connectivity index (χ1v) is 7.03. The third-order valence-electron chi connectivity index (χ3n) is 3.16. The zero-order valence-corrected chi connectivity index (χ0v) is 12.5. The monoisotopic (exact) mass is 286 g/mol. The van der Waals surface area contributed by atoms with Crippen LogP contribution < -0.4 is 15.0 Å². The van der Waals surface area contributed by atoms with Gasteiger partial charge in [0.15, 0.2) is 0 Å². The molecule has 0 heterocycles. The minimum Gasteiger partial charge on any atom is -0.491 e. The SMILES string of the molecule is CN(C)c1ccc(CNc2ccc(OCCO)cc2)cc1. The van der Waals surface area contributed by atoms with Crippen LogP contribution in [0.2, 0.25) is 0 Å².